The van der Waals surface area contributed by atoms with Gasteiger partial charge in [-0.05, 0) is 30.5 Å². The van der Waals surface area contributed by atoms with Crippen LogP contribution in [0.3, 0.4) is 0 Å². The molecule has 1 saturated carbocycles. The summed E-state index contributed by atoms with van der Waals surface area (Å²) in [4.78, 5) is 11.7. The average Bonchev–Trinajstić information content (AvgIpc) is 2.46. The first-order valence-electron chi connectivity index (χ1n) is 7.23. The van der Waals surface area contributed by atoms with E-state index in [1.807, 2.05) is 0 Å². The molecule has 0 bridgehead atoms. The van der Waals surface area contributed by atoms with Crippen LogP contribution < -0.4 is 16.4 Å². The minimum atomic E-state index is -0.715. The van der Waals surface area contributed by atoms with Crippen molar-refractivity contribution in [3.63, 3.8) is 0 Å². The standard InChI is InChI=1S/C15H23N3O2/c16-12-8-6-11(7-9-12)14(19)10-17-15(20)18-13-4-2-1-3-5-13/h6-9,13-14,19H,1-5,10,16H2,(H2,17,18,20). The Balaban J connectivity index is 1.73. The quantitative estimate of drug-likeness (QED) is 0.634. The third-order valence-corrected chi connectivity index (χ3v) is 3.72. The van der Waals surface area contributed by atoms with Crippen LogP contribution in [-0.2, 0) is 0 Å². The summed E-state index contributed by atoms with van der Waals surface area (Å²) in [5.74, 6) is 0. The lowest BCUT2D eigenvalue weighted by Crippen LogP contribution is -2.44. The highest BCUT2D eigenvalue weighted by Crippen LogP contribution is 2.17. The average molecular weight is 277 g/mol. The van der Waals surface area contributed by atoms with Gasteiger partial charge in [-0.15, -0.1) is 0 Å². The second-order valence-electron chi connectivity index (χ2n) is 5.37. The van der Waals surface area contributed by atoms with Gasteiger partial charge in [0.1, 0.15) is 0 Å². The molecule has 5 N–H and O–H groups in total. The molecule has 2 rings (SSSR count). The van der Waals surface area contributed by atoms with Gasteiger partial charge in [0.05, 0.1) is 6.10 Å². The number of anilines is 1. The summed E-state index contributed by atoms with van der Waals surface area (Å²) in [5, 5.41) is 15.6. The number of nitrogens with two attached hydrogens (primary N) is 1. The number of nitrogen functional groups attached to an aromatic ring is 1. The Hall–Kier alpha value is -1.75. The van der Waals surface area contributed by atoms with Gasteiger partial charge in [-0.3, -0.25) is 0 Å². The maximum Gasteiger partial charge on any atom is 0.315 e. The first kappa shape index (κ1) is 14.7. The second kappa shape index (κ2) is 7.14. The molecule has 2 amide bonds. The number of urea groups is 1. The summed E-state index contributed by atoms with van der Waals surface area (Å²) in [6, 6.07) is 7.08. The minimum absolute atomic E-state index is 0.197. The van der Waals surface area contributed by atoms with Crippen molar-refractivity contribution in [1.29, 1.82) is 0 Å². The number of amides is 2. The number of hydrogen-bond acceptors (Lipinski definition) is 3. The highest BCUT2D eigenvalue weighted by molar-refractivity contribution is 5.74. The maximum atomic E-state index is 11.7. The normalized spacial score (nSPS) is 17.4. The number of rotatable bonds is 4. The summed E-state index contributed by atoms with van der Waals surface area (Å²) < 4.78 is 0. The van der Waals surface area contributed by atoms with Gasteiger partial charge >= 0.3 is 6.03 Å². The van der Waals surface area contributed by atoms with Crippen molar-refractivity contribution in [3.05, 3.63) is 29.8 Å². The fourth-order valence-corrected chi connectivity index (χ4v) is 2.51. The summed E-state index contributed by atoms with van der Waals surface area (Å²) in [5.41, 5.74) is 7.00. The van der Waals surface area contributed by atoms with Crippen molar-refractivity contribution in [2.24, 2.45) is 0 Å². The largest absolute Gasteiger partial charge is 0.399 e. The molecule has 1 aliphatic rings. The molecule has 1 aromatic carbocycles. The van der Waals surface area contributed by atoms with Crippen molar-refractivity contribution in [2.75, 3.05) is 12.3 Å². The predicted molar refractivity (Wildman–Crippen MR) is 79.2 cm³/mol. The predicted octanol–water partition coefficient (Wildman–Crippen LogP) is 1.93. The molecule has 1 unspecified atom stereocenters. The van der Waals surface area contributed by atoms with E-state index in [1.54, 1.807) is 24.3 Å². The number of carbonyl (C=O) groups excluding carboxylic acids is 1. The van der Waals surface area contributed by atoms with Crippen molar-refractivity contribution < 1.29 is 9.90 Å². The number of nitrogens with one attached hydrogen (secondary N) is 2. The molecule has 5 heteroatoms. The molecule has 0 aromatic heterocycles. The first-order valence-corrected chi connectivity index (χ1v) is 7.23. The van der Waals surface area contributed by atoms with Gasteiger partial charge < -0.3 is 21.5 Å². The molecule has 5 nitrogen and oxygen atoms in total. The van der Waals surface area contributed by atoms with Crippen LogP contribution in [0.5, 0.6) is 0 Å². The zero-order valence-corrected chi connectivity index (χ0v) is 11.6. The van der Waals surface area contributed by atoms with E-state index < -0.39 is 6.10 Å². The Bertz CT molecular complexity index is 427. The lowest BCUT2D eigenvalue weighted by atomic mass is 9.96. The molecule has 1 aromatic rings. The zero-order chi connectivity index (χ0) is 14.4. The Kier molecular flexibility index (Phi) is 5.24. The van der Waals surface area contributed by atoms with E-state index in [1.165, 1.54) is 19.3 Å². The van der Waals surface area contributed by atoms with Crippen molar-refractivity contribution >= 4 is 11.7 Å². The van der Waals surface area contributed by atoms with Gasteiger partial charge in [0.25, 0.3) is 0 Å². The van der Waals surface area contributed by atoms with Crippen LogP contribution in [0.1, 0.15) is 43.8 Å². The van der Waals surface area contributed by atoms with E-state index in [9.17, 15) is 9.90 Å². The highest BCUT2D eigenvalue weighted by atomic mass is 16.3. The van der Waals surface area contributed by atoms with E-state index in [4.69, 9.17) is 5.73 Å². The van der Waals surface area contributed by atoms with Gasteiger partial charge in [-0.1, -0.05) is 31.4 Å². The van der Waals surface area contributed by atoms with Crippen LogP contribution in [0.4, 0.5) is 10.5 Å². The fourth-order valence-electron chi connectivity index (χ4n) is 2.51. The van der Waals surface area contributed by atoms with Crippen LogP contribution in [0.2, 0.25) is 0 Å². The van der Waals surface area contributed by atoms with E-state index in [0.717, 1.165) is 18.4 Å². The van der Waals surface area contributed by atoms with Crippen LogP contribution >= 0.6 is 0 Å². The zero-order valence-electron chi connectivity index (χ0n) is 11.6. The van der Waals surface area contributed by atoms with E-state index in [2.05, 4.69) is 10.6 Å². The third-order valence-electron chi connectivity index (χ3n) is 3.72. The number of hydrogen-bond donors (Lipinski definition) is 4. The molecule has 1 aliphatic carbocycles. The number of benzene rings is 1. The van der Waals surface area contributed by atoms with E-state index in [-0.39, 0.29) is 18.6 Å². The van der Waals surface area contributed by atoms with Gasteiger partial charge in [-0.2, -0.15) is 0 Å². The molecule has 110 valence electrons. The topological polar surface area (TPSA) is 87.4 Å². The SMILES string of the molecule is Nc1ccc(C(O)CNC(=O)NC2CCCCC2)cc1. The van der Waals surface area contributed by atoms with Crippen LogP contribution in [0.15, 0.2) is 24.3 Å². The van der Waals surface area contributed by atoms with E-state index in [0.29, 0.717) is 5.69 Å². The molecule has 0 spiro atoms. The fraction of sp³-hybridized carbons (Fsp3) is 0.533. The maximum absolute atomic E-state index is 11.7. The first-order chi connectivity index (χ1) is 9.65. The number of aliphatic hydroxyl groups is 1. The number of carbonyl (C=O) groups is 1. The molecule has 0 heterocycles. The molecule has 0 aliphatic heterocycles. The molecule has 20 heavy (non-hydrogen) atoms. The van der Waals surface area contributed by atoms with E-state index >= 15 is 0 Å². The lowest BCUT2D eigenvalue weighted by molar-refractivity contribution is 0.172. The minimum Gasteiger partial charge on any atom is -0.399 e. The molecule has 0 radical (unpaired) electrons. The molecular formula is C15H23N3O2. The Morgan fingerprint density at radius 2 is 1.90 bits per heavy atom. The van der Waals surface area contributed by atoms with Gasteiger partial charge in [-0.25, -0.2) is 4.79 Å². The Morgan fingerprint density at radius 1 is 1.25 bits per heavy atom. The second-order valence-corrected chi connectivity index (χ2v) is 5.37. The van der Waals surface area contributed by atoms with Crippen LogP contribution in [-0.4, -0.2) is 23.7 Å². The lowest BCUT2D eigenvalue weighted by Gasteiger charge is -2.23. The smallest absolute Gasteiger partial charge is 0.315 e. The third kappa shape index (κ3) is 4.42. The van der Waals surface area contributed by atoms with Gasteiger partial charge in [0.2, 0.25) is 0 Å². The van der Waals surface area contributed by atoms with Crippen molar-refractivity contribution in [3.8, 4) is 0 Å². The summed E-state index contributed by atoms with van der Waals surface area (Å²) >= 11 is 0. The highest BCUT2D eigenvalue weighted by Gasteiger charge is 2.16. The number of aliphatic hydroxyl groups excluding tert-OH is 1. The summed E-state index contributed by atoms with van der Waals surface area (Å²) in [6.07, 6.45) is 5.00. The van der Waals surface area contributed by atoms with Crippen molar-refractivity contribution in [1.82, 2.24) is 10.6 Å². The van der Waals surface area contributed by atoms with Crippen LogP contribution in [0, 0.1) is 0 Å². The summed E-state index contributed by atoms with van der Waals surface area (Å²) in [6.45, 7) is 0.197. The molecule has 1 fully saturated rings. The Labute approximate surface area is 119 Å². The Morgan fingerprint density at radius 3 is 2.55 bits per heavy atom. The molecule has 1 atom stereocenters. The molecular weight excluding hydrogens is 254 g/mol. The van der Waals surface area contributed by atoms with Gasteiger partial charge in [0, 0.05) is 18.3 Å². The monoisotopic (exact) mass is 277 g/mol. The van der Waals surface area contributed by atoms with Gasteiger partial charge in [0.15, 0.2) is 0 Å². The van der Waals surface area contributed by atoms with Crippen molar-refractivity contribution in [2.45, 2.75) is 44.2 Å². The molecule has 0 saturated heterocycles. The summed E-state index contributed by atoms with van der Waals surface area (Å²) in [7, 11) is 0. The van der Waals surface area contributed by atoms with Crippen LogP contribution in [0.25, 0.3) is 0 Å².